The van der Waals surface area contributed by atoms with Crippen LogP contribution in [0.5, 0.6) is 5.75 Å². The molecule has 160 valence electrons. The van der Waals surface area contributed by atoms with Gasteiger partial charge in [0.05, 0.1) is 6.10 Å². The highest BCUT2D eigenvalue weighted by atomic mass is 28.4. The second-order valence-corrected chi connectivity index (χ2v) is 14.3. The predicted molar refractivity (Wildman–Crippen MR) is 124 cm³/mol. The third-order valence-electron chi connectivity index (χ3n) is 5.96. The molecule has 29 heavy (non-hydrogen) atoms. The Labute approximate surface area is 178 Å². The Bertz CT molecular complexity index is 689. The van der Waals surface area contributed by atoms with Crippen molar-refractivity contribution in [1.82, 2.24) is 0 Å². The minimum atomic E-state index is -1.88. The Morgan fingerprint density at radius 3 is 1.86 bits per heavy atom. The van der Waals surface area contributed by atoms with Gasteiger partial charge < -0.3 is 14.3 Å². The number of hydrogen-bond acceptors (Lipinski definition) is 3. The molecule has 0 heterocycles. The maximum Gasteiger partial charge on any atom is 0.200 e. The Morgan fingerprint density at radius 2 is 1.34 bits per heavy atom. The molecule has 2 aromatic carbocycles. The molecule has 3 nitrogen and oxygen atoms in total. The first-order valence-corrected chi connectivity index (χ1v) is 13.0. The maximum atomic E-state index is 10.6. The summed E-state index contributed by atoms with van der Waals surface area (Å²) in [6.07, 6.45) is 0.0989. The van der Waals surface area contributed by atoms with E-state index in [0.29, 0.717) is 36.3 Å². The van der Waals surface area contributed by atoms with Gasteiger partial charge >= 0.3 is 0 Å². The summed E-state index contributed by atoms with van der Waals surface area (Å²) >= 11 is 0. The minimum absolute atomic E-state index is 0.517. The average Bonchev–Trinajstić information content (AvgIpc) is 2.69. The van der Waals surface area contributed by atoms with Crippen molar-refractivity contribution in [3.05, 3.63) is 65.7 Å². The second-order valence-electron chi connectivity index (χ2n) is 8.81. The van der Waals surface area contributed by atoms with Gasteiger partial charge in [-0.15, -0.1) is 0 Å². The SMILES string of the molecule is CC(C)[Si](OCC[C@H](O)c1ccc(OCc2ccccc2)cc1)(C(C)C)C(C)C. The van der Waals surface area contributed by atoms with E-state index in [0.717, 1.165) is 16.9 Å². The largest absolute Gasteiger partial charge is 0.489 e. The van der Waals surface area contributed by atoms with Gasteiger partial charge in [-0.1, -0.05) is 84.0 Å². The molecule has 0 radical (unpaired) electrons. The molecule has 0 saturated heterocycles. The van der Waals surface area contributed by atoms with Crippen molar-refractivity contribution >= 4 is 8.32 Å². The summed E-state index contributed by atoms with van der Waals surface area (Å²) in [4.78, 5) is 0. The Morgan fingerprint density at radius 1 is 0.793 bits per heavy atom. The molecule has 0 spiro atoms. The first-order chi connectivity index (χ1) is 13.8. The van der Waals surface area contributed by atoms with E-state index in [1.807, 2.05) is 54.6 Å². The molecular formula is C25H38O3Si. The van der Waals surface area contributed by atoms with E-state index in [4.69, 9.17) is 9.16 Å². The lowest BCUT2D eigenvalue weighted by Gasteiger charge is -2.42. The van der Waals surface area contributed by atoms with Crippen LogP contribution in [0, 0.1) is 0 Å². The van der Waals surface area contributed by atoms with Crippen LogP contribution >= 0.6 is 0 Å². The van der Waals surface area contributed by atoms with E-state index in [2.05, 4.69) is 41.5 Å². The van der Waals surface area contributed by atoms with Gasteiger partial charge in [0.1, 0.15) is 12.4 Å². The predicted octanol–water partition coefficient (Wildman–Crippen LogP) is 6.88. The van der Waals surface area contributed by atoms with Crippen molar-refractivity contribution < 1.29 is 14.3 Å². The molecule has 0 aliphatic heterocycles. The summed E-state index contributed by atoms with van der Waals surface area (Å²) in [5.41, 5.74) is 3.72. The standard InChI is InChI=1S/C25H38O3Si/c1-19(2)29(20(3)4,21(5)6)28-17-16-25(26)23-12-14-24(15-13-23)27-18-22-10-8-7-9-11-22/h7-15,19-21,25-26H,16-18H2,1-6H3/t25-/m0/s1. The van der Waals surface area contributed by atoms with Gasteiger partial charge in [0, 0.05) is 6.61 Å². The monoisotopic (exact) mass is 414 g/mol. The van der Waals surface area contributed by atoms with Crippen LogP contribution in [0.25, 0.3) is 0 Å². The molecule has 0 fully saturated rings. The van der Waals surface area contributed by atoms with Crippen LogP contribution in [0.2, 0.25) is 16.6 Å². The molecule has 0 aromatic heterocycles. The van der Waals surface area contributed by atoms with E-state index in [1.54, 1.807) is 0 Å². The fourth-order valence-corrected chi connectivity index (χ4v) is 10.0. The summed E-state index contributed by atoms with van der Waals surface area (Å²) in [6, 6.07) is 17.9. The number of hydrogen-bond donors (Lipinski definition) is 1. The molecule has 0 aliphatic rings. The van der Waals surface area contributed by atoms with Crippen LogP contribution in [0.3, 0.4) is 0 Å². The van der Waals surface area contributed by atoms with Gasteiger partial charge in [-0.05, 0) is 46.3 Å². The van der Waals surface area contributed by atoms with Crippen LogP contribution < -0.4 is 4.74 Å². The highest BCUT2D eigenvalue weighted by Gasteiger charge is 2.44. The zero-order valence-corrected chi connectivity index (χ0v) is 19.9. The molecule has 0 unspecified atom stereocenters. The normalized spacial score (nSPS) is 13.3. The van der Waals surface area contributed by atoms with Crippen molar-refractivity contribution in [3.8, 4) is 5.75 Å². The van der Waals surface area contributed by atoms with Crippen molar-refractivity contribution in [2.45, 2.75) is 77.3 Å². The zero-order chi connectivity index (χ0) is 21.4. The molecule has 2 rings (SSSR count). The maximum absolute atomic E-state index is 10.6. The summed E-state index contributed by atoms with van der Waals surface area (Å²) in [5.74, 6) is 0.812. The molecular weight excluding hydrogens is 376 g/mol. The molecule has 1 atom stereocenters. The first-order valence-electron chi connectivity index (χ1n) is 10.9. The van der Waals surface area contributed by atoms with Crippen LogP contribution in [-0.2, 0) is 11.0 Å². The van der Waals surface area contributed by atoms with Crippen LogP contribution in [-0.4, -0.2) is 20.0 Å². The number of aliphatic hydroxyl groups excluding tert-OH is 1. The first kappa shape index (κ1) is 23.7. The van der Waals surface area contributed by atoms with Crippen LogP contribution in [0.15, 0.2) is 54.6 Å². The average molecular weight is 415 g/mol. The summed E-state index contributed by atoms with van der Waals surface area (Å²) in [7, 11) is -1.88. The number of rotatable bonds is 11. The van der Waals surface area contributed by atoms with E-state index in [1.165, 1.54) is 0 Å². The molecule has 2 aromatic rings. The topological polar surface area (TPSA) is 38.7 Å². The highest BCUT2D eigenvalue weighted by molar-refractivity contribution is 6.77. The Hall–Kier alpha value is -1.62. The van der Waals surface area contributed by atoms with E-state index in [9.17, 15) is 5.11 Å². The van der Waals surface area contributed by atoms with Gasteiger partial charge in [0.2, 0.25) is 0 Å². The minimum Gasteiger partial charge on any atom is -0.489 e. The molecule has 0 bridgehead atoms. The Kier molecular flexibility index (Phi) is 8.94. The van der Waals surface area contributed by atoms with Crippen LogP contribution in [0.1, 0.15) is 65.2 Å². The van der Waals surface area contributed by atoms with Gasteiger partial charge in [0.25, 0.3) is 0 Å². The third kappa shape index (κ3) is 6.18. The number of ether oxygens (including phenoxy) is 1. The van der Waals surface area contributed by atoms with Gasteiger partial charge in [-0.2, -0.15) is 0 Å². The van der Waals surface area contributed by atoms with Gasteiger partial charge in [-0.25, -0.2) is 0 Å². The quantitative estimate of drug-likeness (QED) is 0.407. The Balaban J connectivity index is 1.89. The van der Waals surface area contributed by atoms with Crippen molar-refractivity contribution in [1.29, 1.82) is 0 Å². The molecule has 0 saturated carbocycles. The van der Waals surface area contributed by atoms with Crippen molar-refractivity contribution in [2.75, 3.05) is 6.61 Å². The summed E-state index contributed by atoms with van der Waals surface area (Å²) in [5, 5.41) is 10.6. The lowest BCUT2D eigenvalue weighted by Crippen LogP contribution is -2.48. The van der Waals surface area contributed by atoms with Crippen molar-refractivity contribution in [2.24, 2.45) is 0 Å². The highest BCUT2D eigenvalue weighted by Crippen LogP contribution is 2.42. The number of aliphatic hydroxyl groups is 1. The second kappa shape index (κ2) is 11.0. The summed E-state index contributed by atoms with van der Waals surface area (Å²) in [6.45, 7) is 14.9. The molecule has 4 heteroatoms. The van der Waals surface area contributed by atoms with E-state index < -0.39 is 14.4 Å². The lowest BCUT2D eigenvalue weighted by atomic mass is 10.1. The summed E-state index contributed by atoms with van der Waals surface area (Å²) < 4.78 is 12.4. The van der Waals surface area contributed by atoms with E-state index in [-0.39, 0.29) is 0 Å². The van der Waals surface area contributed by atoms with Gasteiger partial charge in [-0.3, -0.25) is 0 Å². The molecule has 0 aliphatic carbocycles. The van der Waals surface area contributed by atoms with E-state index >= 15 is 0 Å². The fourth-order valence-electron chi connectivity index (χ4n) is 4.54. The fraction of sp³-hybridized carbons (Fsp3) is 0.520. The third-order valence-corrected chi connectivity index (χ3v) is 12.1. The van der Waals surface area contributed by atoms with Crippen LogP contribution in [0.4, 0.5) is 0 Å². The zero-order valence-electron chi connectivity index (χ0n) is 18.9. The lowest BCUT2D eigenvalue weighted by molar-refractivity contribution is 0.134. The van der Waals surface area contributed by atoms with Crippen molar-refractivity contribution in [3.63, 3.8) is 0 Å². The molecule has 0 amide bonds. The van der Waals surface area contributed by atoms with Gasteiger partial charge in [0.15, 0.2) is 8.32 Å². The number of benzene rings is 2. The smallest absolute Gasteiger partial charge is 0.200 e. The molecule has 1 N–H and O–H groups in total.